The first-order valence-electron chi connectivity index (χ1n) is 3.44. The van der Waals surface area contributed by atoms with Crippen molar-refractivity contribution in [2.45, 2.75) is 12.3 Å². The Morgan fingerprint density at radius 2 is 1.69 bits per heavy atom. The summed E-state index contributed by atoms with van der Waals surface area (Å²) in [6.45, 7) is 0. The van der Waals surface area contributed by atoms with Gasteiger partial charge in [0.25, 0.3) is 0 Å². The summed E-state index contributed by atoms with van der Waals surface area (Å²) in [5.74, 6) is 0. The van der Waals surface area contributed by atoms with Crippen LogP contribution < -0.4 is 0 Å². The molecule has 0 saturated carbocycles. The van der Waals surface area contributed by atoms with Gasteiger partial charge >= 0.3 is 6.18 Å². The third-order valence-electron chi connectivity index (χ3n) is 1.49. The Morgan fingerprint density at radius 1 is 1.15 bits per heavy atom. The monoisotopic (exact) mass is 302 g/mol. The van der Waals surface area contributed by atoms with Gasteiger partial charge in [-0.25, -0.2) is 0 Å². The van der Waals surface area contributed by atoms with Crippen molar-refractivity contribution in [3.8, 4) is 0 Å². The second-order valence-corrected chi connectivity index (χ2v) is 2.93. The number of benzene rings is 1. The molecule has 1 aromatic rings. The van der Waals surface area contributed by atoms with Crippen LogP contribution in [0.4, 0.5) is 13.2 Å². The summed E-state index contributed by atoms with van der Waals surface area (Å²) in [7, 11) is 0. The normalized spacial score (nSPS) is 14.2. The maximum Gasteiger partial charge on any atom is 0.419 e. The van der Waals surface area contributed by atoms with E-state index in [2.05, 4.69) is 3.07 Å². The lowest BCUT2D eigenvalue weighted by Gasteiger charge is -2.17. The SMILES string of the molecule is FC(F)(F)[C@@H](OI)c1ccccc1. The molecule has 0 spiro atoms. The van der Waals surface area contributed by atoms with Crippen molar-refractivity contribution in [1.82, 2.24) is 0 Å². The Balaban J connectivity index is 2.92. The van der Waals surface area contributed by atoms with E-state index in [9.17, 15) is 13.2 Å². The third kappa shape index (κ3) is 2.84. The van der Waals surface area contributed by atoms with Crippen molar-refractivity contribution in [3.05, 3.63) is 35.9 Å². The molecule has 0 N–H and O–H groups in total. The summed E-state index contributed by atoms with van der Waals surface area (Å²) in [5, 5.41) is 0. The third-order valence-corrected chi connectivity index (χ3v) is 2.00. The fourth-order valence-corrected chi connectivity index (χ4v) is 1.50. The van der Waals surface area contributed by atoms with Crippen LogP contribution in [-0.2, 0) is 3.07 Å². The Kier molecular flexibility index (Phi) is 3.55. The van der Waals surface area contributed by atoms with Crippen molar-refractivity contribution in [1.29, 1.82) is 0 Å². The second-order valence-electron chi connectivity index (χ2n) is 2.42. The van der Waals surface area contributed by atoms with Gasteiger partial charge in [0.2, 0.25) is 0 Å². The second kappa shape index (κ2) is 4.28. The highest BCUT2D eigenvalue weighted by molar-refractivity contribution is 14.1. The van der Waals surface area contributed by atoms with Gasteiger partial charge in [0.15, 0.2) is 6.10 Å². The minimum absolute atomic E-state index is 0.115. The molecular weight excluding hydrogens is 296 g/mol. The number of hydrogen-bond acceptors (Lipinski definition) is 1. The Labute approximate surface area is 87.6 Å². The topological polar surface area (TPSA) is 9.23 Å². The first-order valence-corrected chi connectivity index (χ1v) is 4.33. The average Bonchev–Trinajstić information content (AvgIpc) is 2.05. The standard InChI is InChI=1S/C8H6F3IO/c9-8(10,11)7(13-12)6-4-2-1-3-5-6/h1-5,7H/t7-/m0/s1. The van der Waals surface area contributed by atoms with E-state index in [4.69, 9.17) is 0 Å². The number of rotatable bonds is 2. The Bertz CT molecular complexity index is 260. The predicted molar refractivity (Wildman–Crippen MR) is 50.3 cm³/mol. The smallest absolute Gasteiger partial charge is 0.298 e. The quantitative estimate of drug-likeness (QED) is 0.758. The van der Waals surface area contributed by atoms with Crippen LogP contribution in [0.1, 0.15) is 11.7 Å². The van der Waals surface area contributed by atoms with Crippen LogP contribution in [0.3, 0.4) is 0 Å². The molecule has 1 atom stereocenters. The van der Waals surface area contributed by atoms with Crippen LogP contribution in [0, 0.1) is 0 Å². The molecule has 13 heavy (non-hydrogen) atoms. The highest BCUT2D eigenvalue weighted by Crippen LogP contribution is 2.36. The highest BCUT2D eigenvalue weighted by Gasteiger charge is 2.41. The zero-order chi connectivity index (χ0) is 9.90. The molecule has 0 aliphatic carbocycles. The van der Waals surface area contributed by atoms with E-state index in [1.54, 1.807) is 18.2 Å². The molecule has 0 radical (unpaired) electrons. The zero-order valence-electron chi connectivity index (χ0n) is 6.38. The molecule has 5 heteroatoms. The summed E-state index contributed by atoms with van der Waals surface area (Å²) in [6.07, 6.45) is -6.20. The lowest BCUT2D eigenvalue weighted by molar-refractivity contribution is -0.189. The Morgan fingerprint density at radius 3 is 2.08 bits per heavy atom. The van der Waals surface area contributed by atoms with Gasteiger partial charge in [-0.1, -0.05) is 30.3 Å². The van der Waals surface area contributed by atoms with Crippen molar-refractivity contribution in [3.63, 3.8) is 0 Å². The van der Waals surface area contributed by atoms with Crippen LogP contribution in [0.25, 0.3) is 0 Å². The van der Waals surface area contributed by atoms with Crippen LogP contribution >= 0.6 is 23.0 Å². The first-order chi connectivity index (χ1) is 6.05. The van der Waals surface area contributed by atoms with Gasteiger partial charge in [-0.05, 0) is 5.56 Å². The maximum atomic E-state index is 12.3. The molecule has 0 amide bonds. The number of halogens is 4. The van der Waals surface area contributed by atoms with Crippen molar-refractivity contribution < 1.29 is 16.2 Å². The zero-order valence-corrected chi connectivity index (χ0v) is 8.54. The van der Waals surface area contributed by atoms with Crippen LogP contribution in [0.15, 0.2) is 30.3 Å². The molecule has 0 fully saturated rings. The largest absolute Gasteiger partial charge is 0.419 e. The van der Waals surface area contributed by atoms with Gasteiger partial charge in [-0.15, -0.1) is 0 Å². The van der Waals surface area contributed by atoms with Gasteiger partial charge < -0.3 is 0 Å². The van der Waals surface area contributed by atoms with Crippen LogP contribution in [0.5, 0.6) is 0 Å². The summed E-state index contributed by atoms with van der Waals surface area (Å²) in [5.41, 5.74) is 0.115. The minimum Gasteiger partial charge on any atom is -0.298 e. The molecule has 0 aromatic heterocycles. The maximum absolute atomic E-state index is 12.3. The molecular formula is C8H6F3IO. The van der Waals surface area contributed by atoms with Crippen LogP contribution in [-0.4, -0.2) is 6.18 Å². The van der Waals surface area contributed by atoms with E-state index in [0.29, 0.717) is 0 Å². The Hall–Kier alpha value is -0.300. The number of hydrogen-bond donors (Lipinski definition) is 0. The molecule has 1 rings (SSSR count). The van der Waals surface area contributed by atoms with Crippen molar-refractivity contribution >= 4 is 23.0 Å². The van der Waals surface area contributed by atoms with Gasteiger partial charge in [0.05, 0.1) is 0 Å². The van der Waals surface area contributed by atoms with Crippen molar-refractivity contribution in [2.75, 3.05) is 0 Å². The molecule has 0 unspecified atom stereocenters. The first kappa shape index (κ1) is 10.8. The van der Waals surface area contributed by atoms with E-state index in [-0.39, 0.29) is 5.56 Å². The van der Waals surface area contributed by atoms with Gasteiger partial charge in [-0.3, -0.25) is 3.07 Å². The van der Waals surface area contributed by atoms with E-state index >= 15 is 0 Å². The molecule has 0 aliphatic rings. The average molecular weight is 302 g/mol. The van der Waals surface area contributed by atoms with Crippen molar-refractivity contribution in [2.24, 2.45) is 0 Å². The van der Waals surface area contributed by atoms with Crippen LogP contribution in [0.2, 0.25) is 0 Å². The molecule has 0 aliphatic heterocycles. The van der Waals surface area contributed by atoms with E-state index in [1.807, 2.05) is 0 Å². The highest BCUT2D eigenvalue weighted by atomic mass is 127. The van der Waals surface area contributed by atoms with E-state index < -0.39 is 12.3 Å². The lowest BCUT2D eigenvalue weighted by Crippen LogP contribution is -2.20. The minimum atomic E-state index is -4.36. The van der Waals surface area contributed by atoms with E-state index in [1.165, 1.54) is 35.1 Å². The number of alkyl halides is 3. The summed E-state index contributed by atoms with van der Waals surface area (Å²) in [4.78, 5) is 0. The fraction of sp³-hybridized carbons (Fsp3) is 0.250. The molecule has 1 aromatic carbocycles. The molecule has 0 bridgehead atoms. The summed E-state index contributed by atoms with van der Waals surface area (Å²) < 4.78 is 41.2. The lowest BCUT2D eigenvalue weighted by atomic mass is 10.1. The summed E-state index contributed by atoms with van der Waals surface area (Å²) in [6, 6.07) is 7.52. The van der Waals surface area contributed by atoms with Gasteiger partial charge in [-0.2, -0.15) is 13.2 Å². The molecule has 0 heterocycles. The van der Waals surface area contributed by atoms with E-state index in [0.717, 1.165) is 0 Å². The summed E-state index contributed by atoms with van der Waals surface area (Å²) >= 11 is 1.26. The molecule has 1 nitrogen and oxygen atoms in total. The predicted octanol–water partition coefficient (Wildman–Crippen LogP) is 3.66. The molecule has 0 saturated heterocycles. The van der Waals surface area contributed by atoms with Gasteiger partial charge in [0, 0.05) is 0 Å². The fourth-order valence-electron chi connectivity index (χ4n) is 0.919. The van der Waals surface area contributed by atoms with Gasteiger partial charge in [0.1, 0.15) is 23.0 Å². The molecule has 72 valence electrons.